The van der Waals surface area contributed by atoms with Gasteiger partial charge in [0.2, 0.25) is 11.8 Å². The predicted octanol–water partition coefficient (Wildman–Crippen LogP) is 5.71. The molecule has 0 spiro atoms. The van der Waals surface area contributed by atoms with E-state index in [1.54, 1.807) is 6.20 Å². The summed E-state index contributed by atoms with van der Waals surface area (Å²) in [6.45, 7) is 6.65. The van der Waals surface area contributed by atoms with E-state index in [4.69, 9.17) is 9.84 Å². The van der Waals surface area contributed by atoms with Crippen molar-refractivity contribution in [3.63, 3.8) is 0 Å². The molecule has 8 heteroatoms. The van der Waals surface area contributed by atoms with Crippen LogP contribution in [0.4, 0.5) is 0 Å². The van der Waals surface area contributed by atoms with E-state index < -0.39 is 5.97 Å². The number of carboxylic acid groups (broad SMARTS) is 1. The van der Waals surface area contributed by atoms with Gasteiger partial charge in [-0.05, 0) is 111 Å². The summed E-state index contributed by atoms with van der Waals surface area (Å²) < 4.78 is 6.35. The summed E-state index contributed by atoms with van der Waals surface area (Å²) in [4.78, 5) is 43.6. The third-order valence-electron chi connectivity index (χ3n) is 9.04. The maximum atomic E-state index is 13.5. The average molecular weight is 573 g/mol. The van der Waals surface area contributed by atoms with Gasteiger partial charge in [0, 0.05) is 25.1 Å². The number of carbonyl (C=O) groups is 3. The largest absolute Gasteiger partial charge is 0.507 e. The highest BCUT2D eigenvalue weighted by Crippen LogP contribution is 2.50. The number of phenols is 1. The summed E-state index contributed by atoms with van der Waals surface area (Å²) in [5.41, 5.74) is 6.94. The fourth-order valence-electron chi connectivity index (χ4n) is 7.03. The summed E-state index contributed by atoms with van der Waals surface area (Å²) in [7, 11) is 0. The van der Waals surface area contributed by atoms with Crippen LogP contribution in [-0.4, -0.2) is 57.1 Å². The number of carboxylic acids is 1. The van der Waals surface area contributed by atoms with Crippen molar-refractivity contribution in [3.05, 3.63) is 70.1 Å². The van der Waals surface area contributed by atoms with Crippen LogP contribution < -0.4 is 0 Å². The summed E-state index contributed by atoms with van der Waals surface area (Å²) >= 11 is 0. The fourth-order valence-corrected chi connectivity index (χ4v) is 7.03. The molecule has 3 aliphatic rings. The van der Waals surface area contributed by atoms with Crippen molar-refractivity contribution in [2.24, 2.45) is 17.8 Å². The van der Waals surface area contributed by atoms with Gasteiger partial charge in [0.1, 0.15) is 5.75 Å². The standard InChI is InChI=1S/C34H40N2O6/c1-20-17-25-31(34(41)36(33(25)40)14-8-4-5-10-29(37)38)26-19-42-28(30(20)26)12-11-24(27-9-6-7-13-35-27)18-23-15-21(2)32(39)22(3)16-23/h6-7,9,13,15-16,18,25-26,28,31,39H,4-5,8,10-12,14,17,19H2,1-3H3,(H,37,38)/b24-18-/t25-,26+,28-,31-/m1/s1. The van der Waals surface area contributed by atoms with Gasteiger partial charge in [-0.2, -0.15) is 0 Å². The molecule has 1 aromatic carbocycles. The Kier molecular flexibility index (Phi) is 8.92. The number of benzene rings is 1. The Hall–Kier alpha value is -3.78. The van der Waals surface area contributed by atoms with Gasteiger partial charge < -0.3 is 14.9 Å². The third kappa shape index (κ3) is 6.04. The van der Waals surface area contributed by atoms with Crippen molar-refractivity contribution in [2.45, 2.75) is 71.8 Å². The predicted molar refractivity (Wildman–Crippen MR) is 159 cm³/mol. The van der Waals surface area contributed by atoms with Gasteiger partial charge in [-0.1, -0.05) is 18.1 Å². The van der Waals surface area contributed by atoms with E-state index >= 15 is 0 Å². The summed E-state index contributed by atoms with van der Waals surface area (Å²) in [6.07, 6.45) is 7.75. The number of fused-ring (bicyclic) bond motifs is 3. The molecule has 1 aromatic heterocycles. The van der Waals surface area contributed by atoms with E-state index in [1.807, 2.05) is 44.2 Å². The lowest BCUT2D eigenvalue weighted by Crippen LogP contribution is -2.34. The number of aromatic hydroxyl groups is 1. The molecule has 4 atom stereocenters. The normalized spacial score (nSPS) is 23.9. The molecule has 0 radical (unpaired) electrons. The summed E-state index contributed by atoms with van der Waals surface area (Å²) in [6, 6.07) is 9.82. The van der Waals surface area contributed by atoms with E-state index in [1.165, 1.54) is 10.5 Å². The maximum absolute atomic E-state index is 13.5. The molecule has 2 saturated heterocycles. The number of aliphatic carboxylic acids is 1. The lowest BCUT2D eigenvalue weighted by atomic mass is 9.70. The van der Waals surface area contributed by atoms with Crippen molar-refractivity contribution >= 4 is 29.4 Å². The molecule has 0 unspecified atom stereocenters. The van der Waals surface area contributed by atoms with Crippen LogP contribution >= 0.6 is 0 Å². The van der Waals surface area contributed by atoms with Crippen molar-refractivity contribution < 1.29 is 29.3 Å². The number of pyridine rings is 1. The number of unbranched alkanes of at least 4 members (excludes halogenated alkanes) is 2. The molecule has 2 N–H and O–H groups in total. The van der Waals surface area contributed by atoms with Gasteiger partial charge in [0.05, 0.1) is 30.2 Å². The van der Waals surface area contributed by atoms with Crippen LogP contribution in [0.25, 0.3) is 11.6 Å². The first-order valence-electron chi connectivity index (χ1n) is 15.0. The number of imide groups is 1. The Balaban J connectivity index is 1.30. The maximum Gasteiger partial charge on any atom is 0.303 e. The van der Waals surface area contributed by atoms with Crippen LogP contribution in [0.1, 0.15) is 74.3 Å². The minimum Gasteiger partial charge on any atom is -0.507 e. The summed E-state index contributed by atoms with van der Waals surface area (Å²) in [5.74, 6) is -1.52. The molecule has 0 saturated carbocycles. The minimum absolute atomic E-state index is 0.0908. The molecule has 2 fully saturated rings. The topological polar surface area (TPSA) is 117 Å². The molecule has 0 bridgehead atoms. The first-order chi connectivity index (χ1) is 20.2. The van der Waals surface area contributed by atoms with Crippen LogP contribution in [0.5, 0.6) is 5.75 Å². The average Bonchev–Trinajstić information content (AvgIpc) is 3.49. The fraction of sp³-hybridized carbons (Fsp3) is 0.471. The zero-order chi connectivity index (χ0) is 30.0. The molecular weight excluding hydrogens is 532 g/mol. The molecule has 2 aromatic rings. The highest BCUT2D eigenvalue weighted by Gasteiger charge is 2.56. The molecule has 1 aliphatic carbocycles. The van der Waals surface area contributed by atoms with Crippen LogP contribution in [0.3, 0.4) is 0 Å². The van der Waals surface area contributed by atoms with Crippen LogP contribution in [-0.2, 0) is 19.1 Å². The number of hydrogen-bond donors (Lipinski definition) is 2. The number of carbonyl (C=O) groups excluding carboxylic acids is 2. The van der Waals surface area contributed by atoms with E-state index in [9.17, 15) is 19.5 Å². The van der Waals surface area contributed by atoms with Gasteiger partial charge in [-0.25, -0.2) is 0 Å². The zero-order valence-electron chi connectivity index (χ0n) is 24.6. The lowest BCUT2D eigenvalue weighted by molar-refractivity contribution is -0.141. The van der Waals surface area contributed by atoms with E-state index in [-0.39, 0.29) is 42.1 Å². The number of hydrogen-bond acceptors (Lipinski definition) is 6. The lowest BCUT2D eigenvalue weighted by Gasteiger charge is -2.30. The third-order valence-corrected chi connectivity index (χ3v) is 9.04. The minimum atomic E-state index is -0.826. The molecule has 8 nitrogen and oxygen atoms in total. The number of aromatic nitrogens is 1. The molecule has 2 amide bonds. The smallest absolute Gasteiger partial charge is 0.303 e. The Labute approximate surface area is 247 Å². The van der Waals surface area contributed by atoms with Crippen LogP contribution in [0.2, 0.25) is 0 Å². The Bertz CT molecular complexity index is 1410. The number of aryl methyl sites for hydroxylation is 2. The first kappa shape index (κ1) is 29.7. The number of amides is 2. The molecule has 2 aliphatic heterocycles. The summed E-state index contributed by atoms with van der Waals surface area (Å²) in [5, 5.41) is 19.1. The first-order valence-corrected chi connectivity index (χ1v) is 15.0. The van der Waals surface area contributed by atoms with Gasteiger partial charge in [0.25, 0.3) is 0 Å². The monoisotopic (exact) mass is 572 g/mol. The van der Waals surface area contributed by atoms with Gasteiger partial charge >= 0.3 is 5.97 Å². The molecule has 222 valence electrons. The van der Waals surface area contributed by atoms with Crippen molar-refractivity contribution in [1.29, 1.82) is 0 Å². The number of ether oxygens (including phenoxy) is 1. The van der Waals surface area contributed by atoms with E-state index in [0.29, 0.717) is 51.0 Å². The van der Waals surface area contributed by atoms with Crippen molar-refractivity contribution in [1.82, 2.24) is 9.88 Å². The second kappa shape index (κ2) is 12.6. The Morgan fingerprint density at radius 3 is 2.50 bits per heavy atom. The second-order valence-electron chi connectivity index (χ2n) is 12.0. The quantitative estimate of drug-likeness (QED) is 0.201. The number of rotatable bonds is 11. The molecule has 5 rings (SSSR count). The molecule has 42 heavy (non-hydrogen) atoms. The Morgan fingerprint density at radius 2 is 1.81 bits per heavy atom. The Morgan fingerprint density at radius 1 is 1.05 bits per heavy atom. The van der Waals surface area contributed by atoms with E-state index in [2.05, 4.69) is 18.0 Å². The van der Waals surface area contributed by atoms with Crippen LogP contribution in [0, 0.1) is 31.6 Å². The highest BCUT2D eigenvalue weighted by atomic mass is 16.5. The number of likely N-dealkylation sites (tertiary alicyclic amines) is 1. The van der Waals surface area contributed by atoms with Crippen molar-refractivity contribution in [2.75, 3.05) is 13.2 Å². The van der Waals surface area contributed by atoms with Gasteiger partial charge in [-0.3, -0.25) is 24.3 Å². The van der Waals surface area contributed by atoms with Crippen molar-refractivity contribution in [3.8, 4) is 5.75 Å². The van der Waals surface area contributed by atoms with E-state index in [0.717, 1.165) is 40.0 Å². The second-order valence-corrected chi connectivity index (χ2v) is 12.0. The molecular formula is C34H40N2O6. The molecule has 3 heterocycles. The van der Waals surface area contributed by atoms with Gasteiger partial charge in [0.15, 0.2) is 0 Å². The zero-order valence-corrected chi connectivity index (χ0v) is 24.6. The van der Waals surface area contributed by atoms with Gasteiger partial charge in [-0.15, -0.1) is 0 Å². The number of nitrogens with zero attached hydrogens (tertiary/aromatic N) is 2. The number of phenolic OH excluding ortho intramolecular Hbond substituents is 1. The highest BCUT2D eigenvalue weighted by molar-refractivity contribution is 6.06. The van der Waals surface area contributed by atoms with Crippen LogP contribution in [0.15, 0.2) is 47.7 Å². The number of allylic oxidation sites excluding steroid dienone is 2. The SMILES string of the molecule is CC1=C2[C@@H](CC/C(=C/c3cc(C)c(O)c(C)c3)c3ccccn3)OC[C@@H]2[C@@H]2C(=O)N(CCCCCC(=O)O)C(=O)[C@@H]2C1.